The zero-order chi connectivity index (χ0) is 32.4. The number of likely N-dealkylation sites (tertiary alicyclic amines) is 1. The third-order valence-corrected chi connectivity index (χ3v) is 8.18. The monoisotopic (exact) mass is 624 g/mol. The summed E-state index contributed by atoms with van der Waals surface area (Å²) in [7, 11) is 0. The molecule has 2 saturated heterocycles. The van der Waals surface area contributed by atoms with Crippen LogP contribution < -0.4 is 5.32 Å². The zero-order valence-corrected chi connectivity index (χ0v) is 26.0. The molecular formula is C34H39F3N4O4. The minimum Gasteiger partial charge on any atom is -0.444 e. The van der Waals surface area contributed by atoms with Gasteiger partial charge in [0.2, 0.25) is 0 Å². The van der Waals surface area contributed by atoms with E-state index in [1.165, 1.54) is 6.07 Å². The predicted octanol–water partition coefficient (Wildman–Crippen LogP) is 7.62. The molecule has 2 aliphatic heterocycles. The molecule has 8 nitrogen and oxygen atoms in total. The summed E-state index contributed by atoms with van der Waals surface area (Å²) in [6.45, 7) is 8.91. The molecule has 2 aromatic carbocycles. The Kier molecular flexibility index (Phi) is 9.48. The average Bonchev–Trinajstić information content (AvgIpc) is 3.50. The molecule has 0 radical (unpaired) electrons. The Morgan fingerprint density at radius 3 is 2.40 bits per heavy atom. The number of benzene rings is 2. The van der Waals surface area contributed by atoms with Gasteiger partial charge in [-0.3, -0.25) is 4.79 Å². The Morgan fingerprint density at radius 2 is 1.73 bits per heavy atom. The fraction of sp³-hybridized carbons (Fsp3) is 0.471. The van der Waals surface area contributed by atoms with Crippen molar-refractivity contribution in [2.45, 2.75) is 83.2 Å². The molecule has 1 aromatic heterocycles. The van der Waals surface area contributed by atoms with E-state index in [1.54, 1.807) is 62.2 Å². The highest BCUT2D eigenvalue weighted by Crippen LogP contribution is 2.41. The van der Waals surface area contributed by atoms with Crippen molar-refractivity contribution in [1.29, 1.82) is 0 Å². The first-order valence-electron chi connectivity index (χ1n) is 15.3. The lowest BCUT2D eigenvalue weighted by atomic mass is 9.91. The second-order valence-corrected chi connectivity index (χ2v) is 12.6. The smallest absolute Gasteiger partial charge is 0.416 e. The second-order valence-electron chi connectivity index (χ2n) is 12.6. The fourth-order valence-electron chi connectivity index (χ4n) is 5.86. The summed E-state index contributed by atoms with van der Waals surface area (Å²) in [4.78, 5) is 36.5. The van der Waals surface area contributed by atoms with Crippen molar-refractivity contribution in [3.8, 4) is 11.1 Å². The van der Waals surface area contributed by atoms with Gasteiger partial charge in [-0.15, -0.1) is 0 Å². The summed E-state index contributed by atoms with van der Waals surface area (Å²) in [5.74, 6) is 0.441. The van der Waals surface area contributed by atoms with Crippen LogP contribution in [0.4, 0.5) is 18.0 Å². The minimum absolute atomic E-state index is 0.151. The van der Waals surface area contributed by atoms with E-state index in [0.29, 0.717) is 55.1 Å². The van der Waals surface area contributed by atoms with E-state index < -0.39 is 35.5 Å². The highest BCUT2D eigenvalue weighted by atomic mass is 19.4. The zero-order valence-electron chi connectivity index (χ0n) is 26.0. The predicted molar refractivity (Wildman–Crippen MR) is 163 cm³/mol. The first-order valence-corrected chi connectivity index (χ1v) is 15.3. The summed E-state index contributed by atoms with van der Waals surface area (Å²) >= 11 is 0. The second kappa shape index (κ2) is 13.2. The van der Waals surface area contributed by atoms with Crippen molar-refractivity contribution in [3.63, 3.8) is 0 Å². The molecule has 5 rings (SSSR count). The van der Waals surface area contributed by atoms with E-state index in [-0.39, 0.29) is 17.5 Å². The van der Waals surface area contributed by atoms with Crippen LogP contribution in [0.3, 0.4) is 0 Å². The molecular weight excluding hydrogens is 585 g/mol. The lowest BCUT2D eigenvalue weighted by Gasteiger charge is -2.30. The fourth-order valence-corrected chi connectivity index (χ4v) is 5.86. The van der Waals surface area contributed by atoms with Crippen molar-refractivity contribution in [3.05, 3.63) is 82.9 Å². The molecule has 0 aliphatic carbocycles. The number of ether oxygens (including phenoxy) is 2. The number of aromatic nitrogens is 2. The first kappa shape index (κ1) is 32.4. The average molecular weight is 625 g/mol. The van der Waals surface area contributed by atoms with Crippen LogP contribution >= 0.6 is 0 Å². The van der Waals surface area contributed by atoms with Crippen LogP contribution in [0.2, 0.25) is 0 Å². The van der Waals surface area contributed by atoms with E-state index >= 15 is 0 Å². The molecule has 240 valence electrons. The number of carbonyl (C=O) groups is 2. The molecule has 3 aromatic rings. The molecule has 3 heterocycles. The largest absolute Gasteiger partial charge is 0.444 e. The van der Waals surface area contributed by atoms with Crippen LogP contribution in [0.5, 0.6) is 0 Å². The van der Waals surface area contributed by atoms with Crippen molar-refractivity contribution < 1.29 is 32.2 Å². The molecule has 2 amide bonds. The topological polar surface area (TPSA) is 93.6 Å². The molecule has 1 N–H and O–H groups in total. The van der Waals surface area contributed by atoms with E-state index in [4.69, 9.17) is 9.47 Å². The lowest BCUT2D eigenvalue weighted by Crippen LogP contribution is -2.36. The Hall–Kier alpha value is -3.99. The summed E-state index contributed by atoms with van der Waals surface area (Å²) in [5, 5.41) is 2.96. The number of rotatable bonds is 6. The Balaban J connectivity index is 1.37. The van der Waals surface area contributed by atoms with Gasteiger partial charge < -0.3 is 19.7 Å². The first-order chi connectivity index (χ1) is 21.3. The van der Waals surface area contributed by atoms with Gasteiger partial charge >= 0.3 is 12.3 Å². The minimum atomic E-state index is -4.53. The summed E-state index contributed by atoms with van der Waals surface area (Å²) in [6.07, 6.45) is -0.492. The van der Waals surface area contributed by atoms with E-state index in [1.807, 2.05) is 6.92 Å². The van der Waals surface area contributed by atoms with Gasteiger partial charge in [-0.25, -0.2) is 14.8 Å². The van der Waals surface area contributed by atoms with Crippen LogP contribution in [0.25, 0.3) is 11.1 Å². The summed E-state index contributed by atoms with van der Waals surface area (Å²) in [5.41, 5.74) is 1.18. The van der Waals surface area contributed by atoms with Crippen molar-refractivity contribution in [2.24, 2.45) is 0 Å². The lowest BCUT2D eigenvalue weighted by molar-refractivity contribution is -0.137. The van der Waals surface area contributed by atoms with Gasteiger partial charge in [0.25, 0.3) is 5.91 Å². The quantitative estimate of drug-likeness (QED) is 0.303. The van der Waals surface area contributed by atoms with Crippen LogP contribution in [-0.4, -0.2) is 52.2 Å². The summed E-state index contributed by atoms with van der Waals surface area (Å²) < 4.78 is 52.4. The number of halogens is 3. The third-order valence-electron chi connectivity index (χ3n) is 8.18. The maximum Gasteiger partial charge on any atom is 0.416 e. The van der Waals surface area contributed by atoms with Crippen molar-refractivity contribution in [1.82, 2.24) is 20.2 Å². The Morgan fingerprint density at radius 1 is 1.02 bits per heavy atom. The van der Waals surface area contributed by atoms with E-state index in [2.05, 4.69) is 15.3 Å². The van der Waals surface area contributed by atoms with Gasteiger partial charge in [0.15, 0.2) is 0 Å². The van der Waals surface area contributed by atoms with Gasteiger partial charge in [-0.2, -0.15) is 13.2 Å². The van der Waals surface area contributed by atoms with E-state index in [9.17, 15) is 22.8 Å². The van der Waals surface area contributed by atoms with Gasteiger partial charge in [-0.05, 0) is 93.8 Å². The number of hydrogen-bond acceptors (Lipinski definition) is 6. The van der Waals surface area contributed by atoms with Crippen molar-refractivity contribution >= 4 is 12.0 Å². The molecule has 0 bridgehead atoms. The number of alkyl halides is 3. The number of nitrogens with one attached hydrogen (secondary N) is 1. The molecule has 45 heavy (non-hydrogen) atoms. The van der Waals surface area contributed by atoms with Crippen LogP contribution in [0.15, 0.2) is 54.7 Å². The number of hydrogen-bond donors (Lipinski definition) is 1. The van der Waals surface area contributed by atoms with Crippen LogP contribution in [0, 0.1) is 0 Å². The highest BCUT2D eigenvalue weighted by molar-refractivity contribution is 5.92. The summed E-state index contributed by atoms with van der Waals surface area (Å²) in [6, 6.07) is 11.5. The van der Waals surface area contributed by atoms with Crippen LogP contribution in [-0.2, 0) is 15.7 Å². The van der Waals surface area contributed by atoms with Gasteiger partial charge in [-0.1, -0.05) is 30.3 Å². The molecule has 0 saturated carbocycles. The normalized spacial score (nSPS) is 18.5. The SMILES string of the molecule is C[C@@H](NC(=O)c1ccnc(C2CCOCC2)n1)c1ccc(-c2cc(C(F)(F)F)ccc2C2CCCN2C(=O)OC(C)(C)C)cc1. The molecule has 0 spiro atoms. The number of carbonyl (C=O) groups excluding carboxylic acids is 2. The molecule has 2 aliphatic rings. The Labute approximate surface area is 261 Å². The van der Waals surface area contributed by atoms with Crippen LogP contribution in [0.1, 0.15) is 104 Å². The number of amides is 2. The Bertz CT molecular complexity index is 1520. The van der Waals surface area contributed by atoms with E-state index in [0.717, 1.165) is 30.5 Å². The maximum absolute atomic E-state index is 13.8. The highest BCUT2D eigenvalue weighted by Gasteiger charge is 2.36. The molecule has 1 unspecified atom stereocenters. The van der Waals surface area contributed by atoms with Gasteiger partial charge in [0.1, 0.15) is 17.1 Å². The van der Waals surface area contributed by atoms with Crippen molar-refractivity contribution in [2.75, 3.05) is 19.8 Å². The maximum atomic E-state index is 13.8. The van der Waals surface area contributed by atoms with Gasteiger partial charge in [0, 0.05) is 31.9 Å². The molecule has 11 heteroatoms. The van der Waals surface area contributed by atoms with Gasteiger partial charge in [0.05, 0.1) is 17.6 Å². The third kappa shape index (κ3) is 7.81. The molecule has 2 atom stereocenters. The number of nitrogens with zero attached hydrogens (tertiary/aromatic N) is 3. The molecule has 2 fully saturated rings. The standard InChI is InChI=1S/C34H39F3N4O4/c1-21(39-31(42)28-13-16-38-30(40-28)24-14-18-44-19-15-24)22-7-9-23(10-8-22)27-20-25(34(35,36)37)11-12-26(27)29-6-5-17-41(29)32(43)45-33(2,3)4/h7-13,16,20-21,24,29H,5-6,14-15,17-19H2,1-4H3,(H,39,42)/t21-,29?/m1/s1.